The van der Waals surface area contributed by atoms with E-state index in [1.165, 1.54) is 0 Å². The number of aryl methyl sites for hydroxylation is 1. The highest BCUT2D eigenvalue weighted by molar-refractivity contribution is 6.43. The Balaban J connectivity index is 1.59. The molecule has 3 N–H and O–H groups in total. The molecule has 1 aromatic carbocycles. The first-order chi connectivity index (χ1) is 14.4. The minimum absolute atomic E-state index is 0.0568. The van der Waals surface area contributed by atoms with Crippen LogP contribution in [0.3, 0.4) is 0 Å². The first-order valence-corrected chi connectivity index (χ1v) is 10.8. The molecule has 5 rings (SSSR count). The number of hydrogen-bond acceptors (Lipinski definition) is 5. The number of fused-ring (bicyclic) bond motifs is 1. The van der Waals surface area contributed by atoms with E-state index >= 15 is 0 Å². The Kier molecular flexibility index (Phi) is 4.82. The number of benzene rings is 1. The number of nitrogens with one attached hydrogen (secondary N) is 1. The summed E-state index contributed by atoms with van der Waals surface area (Å²) in [6.07, 6.45) is 1.91. The number of aromatic amines is 1. The van der Waals surface area contributed by atoms with Crippen molar-refractivity contribution in [2.45, 2.75) is 25.8 Å². The molecule has 2 aliphatic rings. The van der Waals surface area contributed by atoms with E-state index in [1.807, 2.05) is 19.1 Å². The Hall–Kier alpha value is -2.06. The first-order valence-electron chi connectivity index (χ1n) is 10.0. The number of nitrogens with two attached hydrogens (primary N) is 1. The standard InChI is InChI=1S/C21H23Cl2N5O2/c1-12-9-16(27-7-5-21(6-8-27)11-30-10-15(21)24)28-19(25-20(29)26-28)17(12)13-3-2-4-14(22)18(13)23/h2-4,9,15H,5-8,10-11,24H2,1H3,(H,26,29). The van der Waals surface area contributed by atoms with Gasteiger partial charge in [0, 0.05) is 35.7 Å². The van der Waals surface area contributed by atoms with Crippen LogP contribution in [-0.4, -0.2) is 46.9 Å². The monoisotopic (exact) mass is 447 g/mol. The second-order valence-corrected chi connectivity index (χ2v) is 9.11. The molecule has 2 aliphatic heterocycles. The van der Waals surface area contributed by atoms with E-state index in [9.17, 15) is 4.79 Å². The van der Waals surface area contributed by atoms with Gasteiger partial charge in [0.2, 0.25) is 0 Å². The Morgan fingerprint density at radius 3 is 2.77 bits per heavy atom. The van der Waals surface area contributed by atoms with Crippen molar-refractivity contribution in [3.8, 4) is 11.1 Å². The van der Waals surface area contributed by atoms with Crippen molar-refractivity contribution in [1.29, 1.82) is 0 Å². The molecule has 0 saturated carbocycles. The van der Waals surface area contributed by atoms with Gasteiger partial charge in [-0.05, 0) is 37.5 Å². The Morgan fingerprint density at radius 2 is 2.07 bits per heavy atom. The average molecular weight is 448 g/mol. The Labute approximate surface area is 183 Å². The zero-order chi connectivity index (χ0) is 21.0. The van der Waals surface area contributed by atoms with E-state index in [0.717, 1.165) is 55.0 Å². The summed E-state index contributed by atoms with van der Waals surface area (Å²) >= 11 is 12.7. The fraction of sp³-hybridized carbons (Fsp3) is 0.429. The van der Waals surface area contributed by atoms with Crippen LogP contribution in [0.25, 0.3) is 16.8 Å². The lowest BCUT2D eigenvalue weighted by Crippen LogP contribution is -2.49. The lowest BCUT2D eigenvalue weighted by atomic mass is 9.75. The van der Waals surface area contributed by atoms with Crippen LogP contribution in [-0.2, 0) is 4.74 Å². The van der Waals surface area contributed by atoms with Gasteiger partial charge < -0.3 is 15.4 Å². The molecule has 1 unspecified atom stereocenters. The van der Waals surface area contributed by atoms with Gasteiger partial charge in [-0.25, -0.2) is 14.4 Å². The predicted octanol–water partition coefficient (Wildman–Crippen LogP) is 3.25. The third-order valence-electron chi connectivity index (χ3n) is 6.60. The third kappa shape index (κ3) is 3.03. The van der Waals surface area contributed by atoms with E-state index < -0.39 is 5.69 Å². The fourth-order valence-corrected chi connectivity index (χ4v) is 5.19. The molecule has 0 amide bonds. The summed E-state index contributed by atoms with van der Waals surface area (Å²) in [5.41, 5.74) is 9.05. The number of piperidine rings is 1. The minimum atomic E-state index is -0.402. The van der Waals surface area contributed by atoms with Gasteiger partial charge in [0.1, 0.15) is 5.82 Å². The average Bonchev–Trinajstić information content (AvgIpc) is 3.27. The van der Waals surface area contributed by atoms with Crippen LogP contribution >= 0.6 is 23.2 Å². The zero-order valence-corrected chi connectivity index (χ0v) is 18.1. The predicted molar refractivity (Wildman–Crippen MR) is 119 cm³/mol. The maximum atomic E-state index is 12.2. The van der Waals surface area contributed by atoms with Gasteiger partial charge in [-0.15, -0.1) is 0 Å². The number of aromatic nitrogens is 3. The van der Waals surface area contributed by atoms with Crippen LogP contribution in [0.15, 0.2) is 29.1 Å². The number of hydrogen-bond donors (Lipinski definition) is 2. The van der Waals surface area contributed by atoms with Crippen molar-refractivity contribution in [2.75, 3.05) is 31.2 Å². The molecule has 1 atom stereocenters. The number of rotatable bonds is 2. The van der Waals surface area contributed by atoms with E-state index in [2.05, 4.69) is 21.0 Å². The third-order valence-corrected chi connectivity index (χ3v) is 7.42. The number of anilines is 1. The molecular weight excluding hydrogens is 425 g/mol. The Morgan fingerprint density at radius 1 is 1.30 bits per heavy atom. The van der Waals surface area contributed by atoms with Gasteiger partial charge in [0.15, 0.2) is 5.65 Å². The zero-order valence-electron chi connectivity index (χ0n) is 16.6. The lowest BCUT2D eigenvalue weighted by Gasteiger charge is -2.41. The number of ether oxygens (including phenoxy) is 1. The van der Waals surface area contributed by atoms with Crippen LogP contribution in [0, 0.1) is 12.3 Å². The minimum Gasteiger partial charge on any atom is -0.379 e. The van der Waals surface area contributed by atoms with Crippen molar-refractivity contribution in [3.63, 3.8) is 0 Å². The molecule has 1 spiro atoms. The van der Waals surface area contributed by atoms with Gasteiger partial charge in [-0.2, -0.15) is 4.98 Å². The highest BCUT2D eigenvalue weighted by Gasteiger charge is 2.44. The van der Waals surface area contributed by atoms with Crippen molar-refractivity contribution in [2.24, 2.45) is 11.1 Å². The summed E-state index contributed by atoms with van der Waals surface area (Å²) in [5.74, 6) is 0.904. The topological polar surface area (TPSA) is 88.7 Å². The highest BCUT2D eigenvalue weighted by atomic mass is 35.5. The van der Waals surface area contributed by atoms with Gasteiger partial charge in [-0.3, -0.25) is 0 Å². The van der Waals surface area contributed by atoms with E-state index in [-0.39, 0.29) is 11.5 Å². The van der Waals surface area contributed by atoms with E-state index in [0.29, 0.717) is 22.3 Å². The SMILES string of the molecule is Cc1cc(N2CCC3(CC2)COCC3N)n2[nH]c(=O)nc2c1-c1cccc(Cl)c1Cl. The Bertz CT molecular complexity index is 1180. The molecule has 2 saturated heterocycles. The quantitative estimate of drug-likeness (QED) is 0.629. The summed E-state index contributed by atoms with van der Waals surface area (Å²) < 4.78 is 7.39. The molecule has 2 fully saturated rings. The molecule has 7 nitrogen and oxygen atoms in total. The van der Waals surface area contributed by atoms with E-state index in [1.54, 1.807) is 10.6 Å². The van der Waals surface area contributed by atoms with Gasteiger partial charge >= 0.3 is 5.69 Å². The number of halogens is 2. The highest BCUT2D eigenvalue weighted by Crippen LogP contribution is 2.41. The van der Waals surface area contributed by atoms with E-state index in [4.69, 9.17) is 33.7 Å². The van der Waals surface area contributed by atoms with Gasteiger partial charge in [0.25, 0.3) is 0 Å². The number of nitrogens with zero attached hydrogens (tertiary/aromatic N) is 3. The summed E-state index contributed by atoms with van der Waals surface area (Å²) in [5, 5.41) is 3.76. The maximum absolute atomic E-state index is 12.2. The smallest absolute Gasteiger partial charge is 0.362 e. The van der Waals surface area contributed by atoms with Crippen LogP contribution in [0.4, 0.5) is 5.82 Å². The fourth-order valence-electron chi connectivity index (χ4n) is 4.79. The molecule has 158 valence electrons. The number of pyridine rings is 1. The van der Waals surface area contributed by atoms with Crippen molar-refractivity contribution < 1.29 is 4.74 Å². The summed E-state index contributed by atoms with van der Waals surface area (Å²) in [4.78, 5) is 18.7. The van der Waals surface area contributed by atoms with Crippen LogP contribution in [0.1, 0.15) is 18.4 Å². The molecule has 0 aliphatic carbocycles. The van der Waals surface area contributed by atoms with Crippen molar-refractivity contribution >= 4 is 34.7 Å². The van der Waals surface area contributed by atoms with Crippen LogP contribution in [0.5, 0.6) is 0 Å². The van der Waals surface area contributed by atoms with Crippen molar-refractivity contribution in [3.05, 3.63) is 50.4 Å². The molecule has 30 heavy (non-hydrogen) atoms. The molecule has 0 radical (unpaired) electrons. The van der Waals surface area contributed by atoms with Crippen LogP contribution in [0.2, 0.25) is 10.0 Å². The van der Waals surface area contributed by atoms with Gasteiger partial charge in [0.05, 0.1) is 23.3 Å². The normalized spacial score (nSPS) is 21.1. The molecule has 4 heterocycles. The first kappa shape index (κ1) is 19.9. The van der Waals surface area contributed by atoms with Crippen molar-refractivity contribution in [1.82, 2.24) is 14.6 Å². The number of H-pyrrole nitrogens is 1. The molecular formula is C21H23Cl2N5O2. The molecule has 3 aromatic rings. The summed E-state index contributed by atoms with van der Waals surface area (Å²) in [7, 11) is 0. The van der Waals surface area contributed by atoms with Crippen LogP contribution < -0.4 is 16.3 Å². The molecule has 2 aromatic heterocycles. The largest absolute Gasteiger partial charge is 0.379 e. The maximum Gasteiger partial charge on any atom is 0.362 e. The second kappa shape index (κ2) is 7.27. The second-order valence-electron chi connectivity index (χ2n) is 8.32. The lowest BCUT2D eigenvalue weighted by molar-refractivity contribution is 0.131. The van der Waals surface area contributed by atoms with Gasteiger partial charge in [-0.1, -0.05) is 35.3 Å². The summed E-state index contributed by atoms with van der Waals surface area (Å²) in [6.45, 7) is 5.03. The molecule has 9 heteroatoms. The molecule has 0 bridgehead atoms. The summed E-state index contributed by atoms with van der Waals surface area (Å²) in [6, 6.07) is 7.63.